The quantitative estimate of drug-likeness (QED) is 0.454. The Morgan fingerprint density at radius 3 is 2.52 bits per heavy atom. The molecular formula is C20H22N2O4S. The Morgan fingerprint density at radius 1 is 1.19 bits per heavy atom. The lowest BCUT2D eigenvalue weighted by Crippen LogP contribution is -2.28. The van der Waals surface area contributed by atoms with Crippen molar-refractivity contribution in [3.63, 3.8) is 0 Å². The van der Waals surface area contributed by atoms with Crippen molar-refractivity contribution in [2.75, 3.05) is 6.61 Å². The molecule has 6 nitrogen and oxygen atoms in total. The Bertz CT molecular complexity index is 819. The van der Waals surface area contributed by atoms with Gasteiger partial charge in [-0.3, -0.25) is 9.59 Å². The van der Waals surface area contributed by atoms with Crippen LogP contribution in [0.25, 0.3) is 6.08 Å². The number of hydrogen-bond acceptors (Lipinski definition) is 5. The van der Waals surface area contributed by atoms with E-state index in [0.29, 0.717) is 17.9 Å². The van der Waals surface area contributed by atoms with Gasteiger partial charge in [-0.2, -0.15) is 0 Å². The zero-order chi connectivity index (χ0) is 19.6. The molecule has 0 saturated heterocycles. The summed E-state index contributed by atoms with van der Waals surface area (Å²) in [6, 6.07) is 14.9. The summed E-state index contributed by atoms with van der Waals surface area (Å²) in [5, 5.41) is 2.80. The number of hydrogen-bond donors (Lipinski definition) is 3. The summed E-state index contributed by atoms with van der Waals surface area (Å²) in [6.07, 6.45) is 2.42. The summed E-state index contributed by atoms with van der Waals surface area (Å²) in [5.41, 5.74) is 8.05. The molecule has 0 spiro atoms. The van der Waals surface area contributed by atoms with Gasteiger partial charge in [0, 0.05) is 18.6 Å². The second kappa shape index (κ2) is 10.4. The Balaban J connectivity index is 1.87. The first-order chi connectivity index (χ1) is 13.0. The van der Waals surface area contributed by atoms with Crippen LogP contribution in [0.15, 0.2) is 53.4 Å². The molecule has 27 heavy (non-hydrogen) atoms. The van der Waals surface area contributed by atoms with Crippen LogP contribution in [0.2, 0.25) is 0 Å². The first-order valence-electron chi connectivity index (χ1n) is 8.42. The summed E-state index contributed by atoms with van der Waals surface area (Å²) in [5.74, 6) is -0.489. The van der Waals surface area contributed by atoms with Crippen LogP contribution >= 0.6 is 12.0 Å². The number of nitrogens with one attached hydrogen (secondary N) is 1. The first-order valence-corrected chi connectivity index (χ1v) is 9.19. The van der Waals surface area contributed by atoms with E-state index in [-0.39, 0.29) is 29.5 Å². The van der Waals surface area contributed by atoms with Gasteiger partial charge >= 0.3 is 0 Å². The molecule has 0 atom stereocenters. The van der Waals surface area contributed by atoms with Crippen LogP contribution in [-0.2, 0) is 22.6 Å². The molecule has 142 valence electrons. The van der Waals surface area contributed by atoms with Crippen molar-refractivity contribution in [2.45, 2.75) is 19.9 Å². The fourth-order valence-electron chi connectivity index (χ4n) is 2.28. The van der Waals surface area contributed by atoms with E-state index >= 15 is 0 Å². The molecule has 0 aliphatic carbocycles. The second-order valence-corrected chi connectivity index (χ2v) is 6.39. The molecule has 0 aromatic heterocycles. The number of carbonyl (C=O) groups is 2. The van der Waals surface area contributed by atoms with Gasteiger partial charge in [-0.05, 0) is 41.3 Å². The molecule has 0 aliphatic heterocycles. The number of nitrogens with two attached hydrogens (primary N) is 1. The van der Waals surface area contributed by atoms with Crippen LogP contribution in [0.4, 0.5) is 0 Å². The van der Waals surface area contributed by atoms with Crippen LogP contribution in [0.3, 0.4) is 0 Å². The SMILES string of the molecule is CCc1ccc(CNC(=O)COc2cccc(/C=C(\SO)C(N)=O)c2)cc1. The van der Waals surface area contributed by atoms with E-state index in [2.05, 4.69) is 12.2 Å². The molecule has 2 rings (SSSR count). The average Bonchev–Trinajstić information content (AvgIpc) is 2.69. The van der Waals surface area contributed by atoms with Crippen LogP contribution in [0.1, 0.15) is 23.6 Å². The fourth-order valence-corrected chi connectivity index (χ4v) is 2.56. The van der Waals surface area contributed by atoms with Gasteiger partial charge in [0.25, 0.3) is 11.8 Å². The second-order valence-electron chi connectivity index (χ2n) is 5.77. The van der Waals surface area contributed by atoms with Gasteiger partial charge in [0.1, 0.15) is 10.7 Å². The molecule has 4 N–H and O–H groups in total. The Morgan fingerprint density at radius 2 is 1.89 bits per heavy atom. The van der Waals surface area contributed by atoms with Crippen LogP contribution in [0.5, 0.6) is 5.75 Å². The third-order valence-electron chi connectivity index (χ3n) is 3.79. The fraction of sp³-hybridized carbons (Fsp3) is 0.200. The van der Waals surface area contributed by atoms with Crippen molar-refractivity contribution in [2.24, 2.45) is 5.73 Å². The van der Waals surface area contributed by atoms with Gasteiger partial charge < -0.3 is 20.3 Å². The maximum atomic E-state index is 12.0. The van der Waals surface area contributed by atoms with Gasteiger partial charge in [0.2, 0.25) is 0 Å². The van der Waals surface area contributed by atoms with Crippen molar-refractivity contribution < 1.29 is 18.9 Å². The molecule has 0 unspecified atom stereocenters. The van der Waals surface area contributed by atoms with Crippen LogP contribution in [0, 0.1) is 0 Å². The number of carbonyl (C=O) groups excluding carboxylic acids is 2. The molecular weight excluding hydrogens is 364 g/mol. The van der Waals surface area contributed by atoms with E-state index in [9.17, 15) is 9.59 Å². The highest BCUT2D eigenvalue weighted by Gasteiger charge is 2.06. The van der Waals surface area contributed by atoms with Crippen molar-refractivity contribution in [1.82, 2.24) is 5.32 Å². The largest absolute Gasteiger partial charge is 0.484 e. The van der Waals surface area contributed by atoms with E-state index in [1.807, 2.05) is 24.3 Å². The van der Waals surface area contributed by atoms with E-state index in [1.165, 1.54) is 11.6 Å². The van der Waals surface area contributed by atoms with Gasteiger partial charge in [0.15, 0.2) is 6.61 Å². The molecule has 0 fully saturated rings. The average molecular weight is 386 g/mol. The van der Waals surface area contributed by atoms with Crippen molar-refractivity contribution >= 4 is 29.9 Å². The number of benzene rings is 2. The molecule has 2 aromatic rings. The van der Waals surface area contributed by atoms with Crippen molar-refractivity contribution in [3.05, 3.63) is 70.1 Å². The molecule has 2 amide bonds. The number of aryl methyl sites for hydroxylation is 1. The van der Waals surface area contributed by atoms with E-state index in [0.717, 1.165) is 12.0 Å². The standard InChI is InChI=1S/C20H22N2O4S/c1-2-14-6-8-15(9-7-14)12-22-19(23)13-26-17-5-3-4-16(10-17)11-18(27-25)20(21)24/h3-11,25H,2,12-13H2,1H3,(H2,21,24)(H,22,23)/b18-11-. The normalized spacial score (nSPS) is 11.1. The molecule has 0 bridgehead atoms. The van der Waals surface area contributed by atoms with E-state index in [1.54, 1.807) is 24.3 Å². The maximum Gasteiger partial charge on any atom is 0.258 e. The van der Waals surface area contributed by atoms with Gasteiger partial charge in [0.05, 0.1) is 0 Å². The van der Waals surface area contributed by atoms with Crippen molar-refractivity contribution in [1.29, 1.82) is 0 Å². The Hall–Kier alpha value is -2.77. The molecule has 0 heterocycles. The van der Waals surface area contributed by atoms with Gasteiger partial charge in [-0.1, -0.05) is 43.3 Å². The zero-order valence-electron chi connectivity index (χ0n) is 15.0. The number of amides is 2. The number of rotatable bonds is 9. The monoisotopic (exact) mass is 386 g/mol. The van der Waals surface area contributed by atoms with Gasteiger partial charge in [-0.25, -0.2) is 0 Å². The summed E-state index contributed by atoms with van der Waals surface area (Å²) in [4.78, 5) is 23.1. The Kier molecular flexibility index (Phi) is 7.91. The highest BCUT2D eigenvalue weighted by molar-refractivity contribution is 7.98. The molecule has 2 aromatic carbocycles. The maximum absolute atomic E-state index is 12.0. The van der Waals surface area contributed by atoms with E-state index < -0.39 is 5.91 Å². The molecule has 7 heteroatoms. The van der Waals surface area contributed by atoms with E-state index in [4.69, 9.17) is 15.0 Å². The predicted molar refractivity (Wildman–Crippen MR) is 107 cm³/mol. The molecule has 0 saturated carbocycles. The summed E-state index contributed by atoms with van der Waals surface area (Å²) in [7, 11) is 0. The predicted octanol–water partition coefficient (Wildman–Crippen LogP) is 2.98. The summed E-state index contributed by atoms with van der Waals surface area (Å²) >= 11 is 0.285. The third-order valence-corrected chi connectivity index (χ3v) is 4.30. The lowest BCUT2D eigenvalue weighted by molar-refractivity contribution is -0.123. The lowest BCUT2D eigenvalue weighted by Gasteiger charge is -2.09. The highest BCUT2D eigenvalue weighted by Crippen LogP contribution is 2.19. The Labute approximate surface area is 162 Å². The molecule has 0 aliphatic rings. The summed E-state index contributed by atoms with van der Waals surface area (Å²) < 4.78 is 14.5. The number of ether oxygens (including phenoxy) is 1. The third kappa shape index (κ3) is 6.80. The minimum Gasteiger partial charge on any atom is -0.484 e. The minimum absolute atomic E-state index is 0.0129. The highest BCUT2D eigenvalue weighted by atomic mass is 32.2. The topological polar surface area (TPSA) is 102 Å². The summed E-state index contributed by atoms with van der Waals surface area (Å²) in [6.45, 7) is 2.40. The minimum atomic E-state index is -0.722. The number of primary amides is 1. The first kappa shape index (κ1) is 20.5. The van der Waals surface area contributed by atoms with Crippen LogP contribution in [-0.4, -0.2) is 23.0 Å². The van der Waals surface area contributed by atoms with Crippen molar-refractivity contribution in [3.8, 4) is 5.75 Å². The zero-order valence-corrected chi connectivity index (χ0v) is 15.8. The molecule has 0 radical (unpaired) electrons. The lowest BCUT2D eigenvalue weighted by atomic mass is 10.1. The van der Waals surface area contributed by atoms with Gasteiger partial charge in [-0.15, -0.1) is 0 Å². The smallest absolute Gasteiger partial charge is 0.258 e. The van der Waals surface area contributed by atoms with Crippen LogP contribution < -0.4 is 15.8 Å².